The Hall–Kier alpha value is -3.56. The molecule has 0 aliphatic rings. The number of furan rings is 1. The van der Waals surface area contributed by atoms with Crippen molar-refractivity contribution in [2.24, 2.45) is 0 Å². The number of halogens is 1. The maximum Gasteiger partial charge on any atom is 0.310 e. The molecule has 0 spiro atoms. The number of aryl methyl sites for hydroxylation is 1. The highest BCUT2D eigenvalue weighted by atomic mass is 79.9. The number of rotatable bonds is 11. The molecule has 0 saturated heterocycles. The van der Waals surface area contributed by atoms with Crippen LogP contribution in [0.15, 0.2) is 69.6 Å². The summed E-state index contributed by atoms with van der Waals surface area (Å²) in [4.78, 5) is 12.0. The van der Waals surface area contributed by atoms with E-state index >= 15 is 0 Å². The summed E-state index contributed by atoms with van der Waals surface area (Å²) in [5, 5.41) is 10.3. The highest BCUT2D eigenvalue weighted by Crippen LogP contribution is 2.38. The van der Waals surface area contributed by atoms with Crippen LogP contribution in [-0.2, 0) is 22.6 Å². The molecular formula is C34H38BrNO4. The third kappa shape index (κ3) is 8.47. The van der Waals surface area contributed by atoms with Gasteiger partial charge in [0.25, 0.3) is 0 Å². The van der Waals surface area contributed by atoms with E-state index in [-0.39, 0.29) is 12.4 Å². The SMILES string of the molecule is CCCCCCC.CCOC(=O)Cc1ccccc1OCc1cc(-c2cccc(C#N)c2)c2oc(C)c(Br)c2c1. The average molecular weight is 605 g/mol. The van der Waals surface area contributed by atoms with Crippen molar-refractivity contribution in [3.8, 4) is 22.9 Å². The van der Waals surface area contributed by atoms with Gasteiger partial charge in [0.05, 0.1) is 29.1 Å². The van der Waals surface area contributed by atoms with Crippen molar-refractivity contribution >= 4 is 32.9 Å². The van der Waals surface area contributed by atoms with Crippen LogP contribution in [0.4, 0.5) is 0 Å². The van der Waals surface area contributed by atoms with Crippen LogP contribution >= 0.6 is 15.9 Å². The number of benzene rings is 3. The summed E-state index contributed by atoms with van der Waals surface area (Å²) in [6, 6.07) is 21.1. The first-order valence-electron chi connectivity index (χ1n) is 14.0. The van der Waals surface area contributed by atoms with Gasteiger partial charge in [-0.05, 0) is 71.2 Å². The number of nitriles is 1. The van der Waals surface area contributed by atoms with Crippen molar-refractivity contribution in [2.75, 3.05) is 6.61 Å². The molecule has 0 saturated carbocycles. The molecule has 3 aromatic carbocycles. The van der Waals surface area contributed by atoms with E-state index in [4.69, 9.17) is 13.9 Å². The summed E-state index contributed by atoms with van der Waals surface area (Å²) in [6.45, 7) is 8.83. The first kappa shape index (κ1) is 31.0. The zero-order chi connectivity index (χ0) is 28.9. The Labute approximate surface area is 246 Å². The van der Waals surface area contributed by atoms with Gasteiger partial charge in [-0.25, -0.2) is 0 Å². The summed E-state index contributed by atoms with van der Waals surface area (Å²) in [5.41, 5.74) is 4.83. The second-order valence-corrected chi connectivity index (χ2v) is 10.4. The molecule has 40 heavy (non-hydrogen) atoms. The van der Waals surface area contributed by atoms with Crippen LogP contribution in [0.25, 0.3) is 22.1 Å². The molecule has 1 aromatic heterocycles. The molecular weight excluding hydrogens is 566 g/mol. The smallest absolute Gasteiger partial charge is 0.310 e. The van der Waals surface area contributed by atoms with E-state index in [1.807, 2.05) is 61.5 Å². The maximum atomic E-state index is 12.0. The van der Waals surface area contributed by atoms with E-state index in [1.54, 1.807) is 13.0 Å². The Morgan fingerprint density at radius 3 is 2.42 bits per heavy atom. The number of unbranched alkanes of at least 4 members (excludes halogenated alkanes) is 4. The molecule has 0 unspecified atom stereocenters. The highest BCUT2D eigenvalue weighted by molar-refractivity contribution is 9.10. The minimum absolute atomic E-state index is 0.154. The van der Waals surface area contributed by atoms with Gasteiger partial charge in [-0.15, -0.1) is 0 Å². The van der Waals surface area contributed by atoms with Crippen LogP contribution < -0.4 is 4.74 Å². The fraction of sp³-hybridized carbons (Fsp3) is 0.353. The largest absolute Gasteiger partial charge is 0.489 e. The standard InChI is InChI=1S/C27H22BrNO4.C7H16/c1-3-31-25(30)14-21-8-4-5-10-24(21)32-16-19-12-22(20-9-6-7-18(11-20)15-29)27-23(13-19)26(28)17(2)33-27;1-3-5-7-6-4-2/h4-13H,3,14,16H2,1-2H3;3-7H2,1-2H3. The number of fused-ring (bicyclic) bond motifs is 1. The molecule has 210 valence electrons. The summed E-state index contributed by atoms with van der Waals surface area (Å²) in [5.74, 6) is 1.13. The molecule has 0 radical (unpaired) electrons. The maximum absolute atomic E-state index is 12.0. The van der Waals surface area contributed by atoms with Crippen LogP contribution in [-0.4, -0.2) is 12.6 Å². The van der Waals surface area contributed by atoms with E-state index in [1.165, 1.54) is 32.1 Å². The predicted molar refractivity (Wildman–Crippen MR) is 164 cm³/mol. The molecule has 4 rings (SSSR count). The van der Waals surface area contributed by atoms with Crippen molar-refractivity contribution in [2.45, 2.75) is 72.8 Å². The third-order valence-electron chi connectivity index (χ3n) is 6.47. The number of carbonyl (C=O) groups excluding carboxylic acids is 1. The normalized spacial score (nSPS) is 10.5. The third-order valence-corrected chi connectivity index (χ3v) is 7.45. The number of ether oxygens (including phenoxy) is 2. The molecule has 4 aromatic rings. The molecule has 0 aliphatic heterocycles. The van der Waals surface area contributed by atoms with Gasteiger partial charge in [-0.1, -0.05) is 76.3 Å². The number of carbonyl (C=O) groups is 1. The lowest BCUT2D eigenvalue weighted by Gasteiger charge is -2.13. The second kappa shape index (κ2) is 15.9. The summed E-state index contributed by atoms with van der Waals surface area (Å²) >= 11 is 3.63. The zero-order valence-electron chi connectivity index (χ0n) is 23.9. The van der Waals surface area contributed by atoms with Crippen molar-refractivity contribution < 1.29 is 18.7 Å². The Morgan fingerprint density at radius 2 is 1.73 bits per heavy atom. The van der Waals surface area contributed by atoms with Crippen molar-refractivity contribution in [3.05, 3.63) is 87.6 Å². The summed E-state index contributed by atoms with van der Waals surface area (Å²) < 4.78 is 18.1. The Morgan fingerprint density at radius 1 is 0.975 bits per heavy atom. The van der Waals surface area contributed by atoms with E-state index < -0.39 is 0 Å². The van der Waals surface area contributed by atoms with Gasteiger partial charge < -0.3 is 13.9 Å². The molecule has 0 bridgehead atoms. The monoisotopic (exact) mass is 603 g/mol. The van der Waals surface area contributed by atoms with Crippen LogP contribution in [0, 0.1) is 18.3 Å². The lowest BCUT2D eigenvalue weighted by Crippen LogP contribution is -2.09. The van der Waals surface area contributed by atoms with Gasteiger partial charge in [-0.2, -0.15) is 5.26 Å². The molecule has 6 heteroatoms. The van der Waals surface area contributed by atoms with E-state index in [0.717, 1.165) is 43.5 Å². The van der Waals surface area contributed by atoms with Gasteiger partial charge in [-0.3, -0.25) is 4.79 Å². The number of esters is 1. The number of hydrogen-bond donors (Lipinski definition) is 0. The lowest BCUT2D eigenvalue weighted by molar-refractivity contribution is -0.142. The van der Waals surface area contributed by atoms with E-state index in [0.29, 0.717) is 24.5 Å². The van der Waals surface area contributed by atoms with E-state index in [9.17, 15) is 10.1 Å². The van der Waals surface area contributed by atoms with Crippen LogP contribution in [0.3, 0.4) is 0 Å². The zero-order valence-corrected chi connectivity index (χ0v) is 25.5. The summed E-state index contributed by atoms with van der Waals surface area (Å²) in [6.07, 6.45) is 7.16. The first-order chi connectivity index (χ1) is 19.4. The predicted octanol–water partition coefficient (Wildman–Crippen LogP) is 9.70. The van der Waals surface area contributed by atoms with Gasteiger partial charge in [0.1, 0.15) is 23.7 Å². The van der Waals surface area contributed by atoms with Crippen molar-refractivity contribution in [1.29, 1.82) is 5.26 Å². The Bertz CT molecular complexity index is 1450. The van der Waals surface area contributed by atoms with Crippen LogP contribution in [0.2, 0.25) is 0 Å². The highest BCUT2D eigenvalue weighted by Gasteiger charge is 2.17. The van der Waals surface area contributed by atoms with Gasteiger partial charge >= 0.3 is 5.97 Å². The molecule has 1 heterocycles. The van der Waals surface area contributed by atoms with Gasteiger partial charge in [0.2, 0.25) is 0 Å². The van der Waals surface area contributed by atoms with Gasteiger partial charge in [0.15, 0.2) is 0 Å². The molecule has 0 atom stereocenters. The molecule has 0 N–H and O–H groups in total. The van der Waals surface area contributed by atoms with E-state index in [2.05, 4.69) is 35.8 Å². The van der Waals surface area contributed by atoms with Crippen LogP contribution in [0.5, 0.6) is 5.75 Å². The summed E-state index contributed by atoms with van der Waals surface area (Å²) in [7, 11) is 0. The minimum Gasteiger partial charge on any atom is -0.489 e. The molecule has 0 amide bonds. The topological polar surface area (TPSA) is 72.5 Å². The molecule has 0 fully saturated rings. The average Bonchev–Trinajstić information content (AvgIpc) is 3.26. The number of hydrogen-bond acceptors (Lipinski definition) is 5. The fourth-order valence-electron chi connectivity index (χ4n) is 4.40. The lowest BCUT2D eigenvalue weighted by atomic mass is 9.99. The quantitative estimate of drug-likeness (QED) is 0.126. The molecule has 5 nitrogen and oxygen atoms in total. The Balaban J connectivity index is 0.000000559. The van der Waals surface area contributed by atoms with Gasteiger partial charge in [0, 0.05) is 16.5 Å². The minimum atomic E-state index is -0.285. The number of nitrogens with zero attached hydrogens (tertiary/aromatic N) is 1. The van der Waals surface area contributed by atoms with Crippen LogP contribution in [0.1, 0.15) is 75.3 Å². The van der Waals surface area contributed by atoms with Crippen molar-refractivity contribution in [1.82, 2.24) is 0 Å². The Kier molecular flexibility index (Phi) is 12.3. The van der Waals surface area contributed by atoms with Crippen molar-refractivity contribution in [3.63, 3.8) is 0 Å². The number of para-hydroxylation sites is 1. The second-order valence-electron chi connectivity index (χ2n) is 9.62. The molecule has 0 aliphatic carbocycles. The fourth-order valence-corrected chi connectivity index (χ4v) is 4.77. The first-order valence-corrected chi connectivity index (χ1v) is 14.8.